The Hall–Kier alpha value is -3.37. The first-order chi connectivity index (χ1) is 17.5. The first kappa shape index (κ1) is 27.7. The lowest BCUT2D eigenvalue weighted by atomic mass is 9.43. The Morgan fingerprint density at radius 2 is 1.74 bits per heavy atom. The summed E-state index contributed by atoms with van der Waals surface area (Å²) < 4.78 is 0. The summed E-state index contributed by atoms with van der Waals surface area (Å²) in [7, 11) is 0. The van der Waals surface area contributed by atoms with E-state index >= 15 is 0 Å². The van der Waals surface area contributed by atoms with Crippen molar-refractivity contribution in [3.8, 4) is 17.6 Å². The smallest absolute Gasteiger partial charge is 0.203 e. The number of phenolic OH excluding ortho intramolecular Hbond substituents is 1. The number of fused-ring (bicyclic) bond motifs is 3. The molecule has 0 heterocycles. The highest BCUT2D eigenvalue weighted by atomic mass is 16.3. The van der Waals surface area contributed by atoms with Gasteiger partial charge in [-0.05, 0) is 49.3 Å². The second kappa shape index (κ2) is 8.84. The number of benzene rings is 1. The number of phenols is 1. The molecule has 202 valence electrons. The van der Waals surface area contributed by atoms with Crippen LogP contribution in [-0.4, -0.2) is 43.4 Å². The molecular weight excluding hydrogens is 484 g/mol. The average Bonchev–Trinajstić information content (AvgIpc) is 2.77. The van der Waals surface area contributed by atoms with Crippen LogP contribution in [-0.2, 0) is 20.8 Å². The Morgan fingerprint density at radius 3 is 2.29 bits per heavy atom. The number of hydrogen-bond acceptors (Lipinski definition) is 7. The average molecular weight is 521 g/mol. The standard InChI is InChI=1S/C31H36O7/c1-15(2)9-8-10-18-11-12-20(33)22-19(18)13-29(6)14-30(7)23(16(3)4)25(34)21(17(5)32)27(36)31(30,38)28(37)24(29)26(22)35/h11-12,15-16,23,33,35-36,38H,9,13-14H2,1-7H3/t23?,29-,30-,31+/m1/s1. The van der Waals surface area contributed by atoms with Crippen LogP contribution >= 0.6 is 0 Å². The van der Waals surface area contributed by atoms with Crippen LogP contribution in [0.4, 0.5) is 0 Å². The predicted octanol–water partition coefficient (Wildman–Crippen LogP) is 4.59. The highest BCUT2D eigenvalue weighted by Gasteiger charge is 2.72. The fraction of sp³-hybridized carbons (Fsp3) is 0.516. The van der Waals surface area contributed by atoms with Gasteiger partial charge in [0.1, 0.15) is 22.8 Å². The molecular formula is C31H36O7. The number of carbonyl (C=O) groups excluding carboxylic acids is 3. The number of rotatable bonds is 3. The lowest BCUT2D eigenvalue weighted by Gasteiger charge is -2.59. The first-order valence-corrected chi connectivity index (χ1v) is 13.1. The van der Waals surface area contributed by atoms with Crippen molar-refractivity contribution in [1.82, 2.24) is 0 Å². The van der Waals surface area contributed by atoms with Gasteiger partial charge >= 0.3 is 0 Å². The molecule has 0 bridgehead atoms. The highest BCUT2D eigenvalue weighted by molar-refractivity contribution is 6.24. The fourth-order valence-electron chi connectivity index (χ4n) is 7.19. The van der Waals surface area contributed by atoms with Crippen LogP contribution in [0.5, 0.6) is 5.75 Å². The van der Waals surface area contributed by atoms with E-state index < -0.39 is 56.8 Å². The van der Waals surface area contributed by atoms with Crippen LogP contribution in [0.3, 0.4) is 0 Å². The molecule has 7 heteroatoms. The van der Waals surface area contributed by atoms with Gasteiger partial charge in [-0.3, -0.25) is 14.4 Å². The van der Waals surface area contributed by atoms with Gasteiger partial charge in [0, 0.05) is 34.3 Å². The molecule has 0 aliphatic heterocycles. The Morgan fingerprint density at radius 1 is 1.11 bits per heavy atom. The molecule has 1 aromatic carbocycles. The molecule has 0 radical (unpaired) electrons. The lowest BCUT2D eigenvalue weighted by molar-refractivity contribution is -0.178. The van der Waals surface area contributed by atoms with Gasteiger partial charge in [0.25, 0.3) is 0 Å². The molecule has 1 saturated carbocycles. The van der Waals surface area contributed by atoms with Gasteiger partial charge in [-0.25, -0.2) is 0 Å². The van der Waals surface area contributed by atoms with E-state index in [-0.39, 0.29) is 35.6 Å². The summed E-state index contributed by atoms with van der Waals surface area (Å²) >= 11 is 0. The third kappa shape index (κ3) is 3.57. The van der Waals surface area contributed by atoms with Crippen molar-refractivity contribution >= 4 is 23.1 Å². The van der Waals surface area contributed by atoms with Crippen molar-refractivity contribution in [3.05, 3.63) is 45.7 Å². The number of aliphatic hydroxyl groups is 3. The summed E-state index contributed by atoms with van der Waals surface area (Å²) in [5.41, 5.74) is -4.60. The van der Waals surface area contributed by atoms with Crippen LogP contribution in [0.15, 0.2) is 29.0 Å². The van der Waals surface area contributed by atoms with E-state index in [1.165, 1.54) is 6.07 Å². The molecule has 4 N–H and O–H groups in total. The van der Waals surface area contributed by atoms with E-state index in [9.17, 15) is 34.8 Å². The summed E-state index contributed by atoms with van der Waals surface area (Å²) in [5, 5.41) is 45.5. The van der Waals surface area contributed by atoms with Crippen LogP contribution < -0.4 is 0 Å². The van der Waals surface area contributed by atoms with Crippen molar-refractivity contribution in [2.75, 3.05) is 0 Å². The van der Waals surface area contributed by atoms with Crippen molar-refractivity contribution in [2.24, 2.45) is 28.6 Å². The molecule has 3 aliphatic carbocycles. The summed E-state index contributed by atoms with van der Waals surface area (Å²) in [6, 6.07) is 3.09. The molecule has 4 atom stereocenters. The van der Waals surface area contributed by atoms with Crippen LogP contribution in [0, 0.1) is 40.4 Å². The van der Waals surface area contributed by atoms with Crippen LogP contribution in [0.2, 0.25) is 0 Å². The summed E-state index contributed by atoms with van der Waals surface area (Å²) in [6.45, 7) is 12.1. The topological polar surface area (TPSA) is 132 Å². The predicted molar refractivity (Wildman–Crippen MR) is 142 cm³/mol. The zero-order chi connectivity index (χ0) is 28.5. The third-order valence-corrected chi connectivity index (χ3v) is 8.62. The maximum absolute atomic E-state index is 14.2. The monoisotopic (exact) mass is 520 g/mol. The minimum atomic E-state index is -2.61. The van der Waals surface area contributed by atoms with Gasteiger partial charge < -0.3 is 20.4 Å². The Labute approximate surface area is 223 Å². The van der Waals surface area contributed by atoms with Crippen molar-refractivity contribution in [2.45, 2.75) is 73.3 Å². The minimum absolute atomic E-state index is 0.0550. The summed E-state index contributed by atoms with van der Waals surface area (Å²) in [6.07, 6.45) is 0.924. The van der Waals surface area contributed by atoms with E-state index in [0.717, 1.165) is 6.92 Å². The maximum Gasteiger partial charge on any atom is 0.203 e. The summed E-state index contributed by atoms with van der Waals surface area (Å²) in [5.74, 6) is 1.32. The second-order valence-corrected chi connectivity index (χ2v) is 12.3. The van der Waals surface area contributed by atoms with Gasteiger partial charge in [0.15, 0.2) is 17.2 Å². The largest absolute Gasteiger partial charge is 0.508 e. The number of Topliss-reactive ketones (excluding diaryl/α,β-unsaturated/α-hetero) is 3. The fourth-order valence-corrected chi connectivity index (χ4v) is 7.19. The zero-order valence-electron chi connectivity index (χ0n) is 23.0. The molecule has 1 fully saturated rings. The maximum atomic E-state index is 14.2. The molecule has 7 nitrogen and oxygen atoms in total. The quantitative estimate of drug-likeness (QED) is 0.339. The molecule has 4 rings (SSSR count). The Kier molecular flexibility index (Phi) is 6.44. The molecule has 0 aromatic heterocycles. The van der Waals surface area contributed by atoms with Gasteiger partial charge in [-0.1, -0.05) is 53.4 Å². The second-order valence-electron chi connectivity index (χ2n) is 12.3. The minimum Gasteiger partial charge on any atom is -0.508 e. The van der Waals surface area contributed by atoms with Crippen LogP contribution in [0.25, 0.3) is 5.76 Å². The Bertz CT molecular complexity index is 1400. The highest BCUT2D eigenvalue weighted by Crippen LogP contribution is 2.65. The SMILES string of the molecule is CC(=O)C1=C(O)[C@]2(O)C(=O)C3=C(O)c4c(O)ccc(C#CCC(C)C)c4C[C@]3(C)C[C@]2(C)C(C(C)C)C1=O. The molecule has 1 unspecified atom stereocenters. The number of allylic oxidation sites excluding steroid dienone is 1. The molecule has 0 spiro atoms. The van der Waals surface area contributed by atoms with Gasteiger partial charge in [0.2, 0.25) is 5.78 Å². The molecule has 1 aromatic rings. The number of ketones is 3. The van der Waals surface area contributed by atoms with Crippen molar-refractivity contribution in [1.29, 1.82) is 0 Å². The van der Waals surface area contributed by atoms with Gasteiger partial charge in [-0.2, -0.15) is 0 Å². The van der Waals surface area contributed by atoms with E-state index in [1.807, 2.05) is 0 Å². The van der Waals surface area contributed by atoms with Crippen molar-refractivity contribution < 1.29 is 34.8 Å². The van der Waals surface area contributed by atoms with Gasteiger partial charge in [0.05, 0.1) is 5.56 Å². The number of hydrogen-bond donors (Lipinski definition) is 4. The van der Waals surface area contributed by atoms with E-state index in [4.69, 9.17) is 0 Å². The molecule has 3 aliphatic rings. The number of carbonyl (C=O) groups is 3. The number of aliphatic hydroxyl groups excluding tert-OH is 2. The molecule has 38 heavy (non-hydrogen) atoms. The molecule has 0 saturated heterocycles. The van der Waals surface area contributed by atoms with E-state index in [0.29, 0.717) is 23.5 Å². The zero-order valence-corrected chi connectivity index (χ0v) is 23.0. The normalized spacial score (nSPS) is 30.6. The Balaban J connectivity index is 2.03. The first-order valence-electron chi connectivity index (χ1n) is 13.1. The van der Waals surface area contributed by atoms with Gasteiger partial charge in [-0.15, -0.1) is 0 Å². The number of aromatic hydroxyl groups is 1. The third-order valence-electron chi connectivity index (χ3n) is 8.62. The summed E-state index contributed by atoms with van der Waals surface area (Å²) in [4.78, 5) is 40.2. The van der Waals surface area contributed by atoms with Crippen LogP contribution in [0.1, 0.15) is 78.0 Å². The van der Waals surface area contributed by atoms with E-state index in [2.05, 4.69) is 25.7 Å². The molecule has 0 amide bonds. The van der Waals surface area contributed by atoms with Crippen molar-refractivity contribution in [3.63, 3.8) is 0 Å². The lowest BCUT2D eigenvalue weighted by Crippen LogP contribution is -2.69. The van der Waals surface area contributed by atoms with E-state index in [1.54, 1.807) is 33.8 Å².